The molecule has 2 aromatic rings. The molecule has 1 aliphatic rings. The highest BCUT2D eigenvalue weighted by atomic mass is 16.5. The van der Waals surface area contributed by atoms with Gasteiger partial charge in [-0.25, -0.2) is 0 Å². The zero-order valence-corrected chi connectivity index (χ0v) is 12.3. The quantitative estimate of drug-likeness (QED) is 0.823. The number of ether oxygens (including phenoxy) is 1. The molecule has 0 fully saturated rings. The van der Waals surface area contributed by atoms with Gasteiger partial charge in [-0.15, -0.1) is 0 Å². The van der Waals surface area contributed by atoms with Crippen LogP contribution in [-0.4, -0.2) is 25.1 Å². The summed E-state index contributed by atoms with van der Waals surface area (Å²) in [6.45, 7) is 3.29. The number of hydrogen-bond donors (Lipinski definition) is 0. The standard InChI is InChI=1S/C18H21NO/c1-13-18(14-7-5-4-6-8-14)17-10-9-16(20-3)11-15(17)12-19(13)2/h4-11,13,18H,12H2,1-3H3. The molecule has 0 spiro atoms. The summed E-state index contributed by atoms with van der Waals surface area (Å²) in [4.78, 5) is 2.42. The second-order valence-electron chi connectivity index (χ2n) is 5.61. The molecule has 0 aliphatic carbocycles. The van der Waals surface area contributed by atoms with Crippen LogP contribution in [0.15, 0.2) is 48.5 Å². The smallest absolute Gasteiger partial charge is 0.119 e. The highest BCUT2D eigenvalue weighted by molar-refractivity contribution is 5.45. The Hall–Kier alpha value is -1.80. The minimum atomic E-state index is 0.427. The molecule has 1 aliphatic heterocycles. The first kappa shape index (κ1) is 13.2. The lowest BCUT2D eigenvalue weighted by Gasteiger charge is -2.39. The van der Waals surface area contributed by atoms with Gasteiger partial charge in [0.15, 0.2) is 0 Å². The number of nitrogens with zero attached hydrogens (tertiary/aromatic N) is 1. The third-order valence-electron chi connectivity index (χ3n) is 4.44. The Kier molecular flexibility index (Phi) is 3.49. The van der Waals surface area contributed by atoms with Crippen LogP contribution < -0.4 is 4.74 Å². The summed E-state index contributed by atoms with van der Waals surface area (Å²) in [7, 11) is 3.93. The van der Waals surface area contributed by atoms with E-state index in [-0.39, 0.29) is 0 Å². The predicted octanol–water partition coefficient (Wildman–Crippen LogP) is 3.66. The maximum Gasteiger partial charge on any atom is 0.119 e. The first-order valence-corrected chi connectivity index (χ1v) is 7.12. The number of likely N-dealkylation sites (N-methyl/N-ethyl adjacent to an activating group) is 1. The van der Waals surface area contributed by atoms with Gasteiger partial charge in [-0.3, -0.25) is 4.90 Å². The van der Waals surface area contributed by atoms with Crippen LogP contribution in [0.3, 0.4) is 0 Å². The molecule has 2 heteroatoms. The molecule has 0 saturated carbocycles. The molecule has 1 heterocycles. The average molecular weight is 267 g/mol. The molecule has 20 heavy (non-hydrogen) atoms. The zero-order chi connectivity index (χ0) is 14.1. The molecule has 0 N–H and O–H groups in total. The van der Waals surface area contributed by atoms with Crippen molar-refractivity contribution in [2.75, 3.05) is 14.2 Å². The Morgan fingerprint density at radius 2 is 1.85 bits per heavy atom. The van der Waals surface area contributed by atoms with Crippen molar-refractivity contribution in [3.63, 3.8) is 0 Å². The number of fused-ring (bicyclic) bond motifs is 1. The first-order valence-electron chi connectivity index (χ1n) is 7.12. The van der Waals surface area contributed by atoms with Gasteiger partial charge in [-0.05, 0) is 42.8 Å². The van der Waals surface area contributed by atoms with Crippen molar-refractivity contribution < 1.29 is 4.74 Å². The molecule has 0 aromatic heterocycles. The van der Waals surface area contributed by atoms with Crippen molar-refractivity contribution in [3.8, 4) is 5.75 Å². The molecular weight excluding hydrogens is 246 g/mol. The van der Waals surface area contributed by atoms with Gasteiger partial charge in [0.25, 0.3) is 0 Å². The lowest BCUT2D eigenvalue weighted by Crippen LogP contribution is -2.39. The van der Waals surface area contributed by atoms with E-state index in [1.807, 2.05) is 0 Å². The largest absolute Gasteiger partial charge is 0.497 e. The summed E-state index contributed by atoms with van der Waals surface area (Å²) in [6.07, 6.45) is 0. The minimum absolute atomic E-state index is 0.427. The summed E-state index contributed by atoms with van der Waals surface area (Å²) in [5.41, 5.74) is 4.19. The van der Waals surface area contributed by atoms with Crippen molar-refractivity contribution in [1.82, 2.24) is 4.90 Å². The van der Waals surface area contributed by atoms with Crippen LogP contribution in [0.25, 0.3) is 0 Å². The molecule has 2 aromatic carbocycles. The number of methoxy groups -OCH3 is 1. The van der Waals surface area contributed by atoms with Gasteiger partial charge in [0.05, 0.1) is 7.11 Å². The molecule has 0 saturated heterocycles. The van der Waals surface area contributed by atoms with Crippen molar-refractivity contribution >= 4 is 0 Å². The molecule has 0 radical (unpaired) electrons. The Labute approximate surface area is 121 Å². The maximum atomic E-state index is 5.36. The van der Waals surface area contributed by atoms with Crippen LogP contribution in [-0.2, 0) is 6.54 Å². The number of rotatable bonds is 2. The minimum Gasteiger partial charge on any atom is -0.497 e. The zero-order valence-electron chi connectivity index (χ0n) is 12.3. The fraction of sp³-hybridized carbons (Fsp3) is 0.333. The second-order valence-corrected chi connectivity index (χ2v) is 5.61. The van der Waals surface area contributed by atoms with E-state index in [2.05, 4.69) is 67.4 Å². The van der Waals surface area contributed by atoms with Crippen LogP contribution in [0, 0.1) is 0 Å². The van der Waals surface area contributed by atoms with E-state index in [0.717, 1.165) is 12.3 Å². The second kappa shape index (κ2) is 5.29. The van der Waals surface area contributed by atoms with E-state index in [4.69, 9.17) is 4.74 Å². The lowest BCUT2D eigenvalue weighted by molar-refractivity contribution is 0.211. The van der Waals surface area contributed by atoms with Crippen molar-refractivity contribution in [3.05, 3.63) is 65.2 Å². The van der Waals surface area contributed by atoms with E-state index in [1.54, 1.807) is 7.11 Å². The van der Waals surface area contributed by atoms with E-state index in [9.17, 15) is 0 Å². The molecular formula is C18H21NO. The Morgan fingerprint density at radius 3 is 2.55 bits per heavy atom. The number of benzene rings is 2. The summed E-state index contributed by atoms with van der Waals surface area (Å²) >= 11 is 0. The summed E-state index contributed by atoms with van der Waals surface area (Å²) in [6, 6.07) is 17.8. The van der Waals surface area contributed by atoms with Gasteiger partial charge in [0, 0.05) is 18.5 Å². The lowest BCUT2D eigenvalue weighted by atomic mass is 9.80. The molecule has 2 nitrogen and oxygen atoms in total. The van der Waals surface area contributed by atoms with Crippen molar-refractivity contribution in [1.29, 1.82) is 0 Å². The Bertz CT molecular complexity index is 594. The number of hydrogen-bond acceptors (Lipinski definition) is 2. The summed E-state index contributed by atoms with van der Waals surface area (Å²) in [5, 5.41) is 0. The summed E-state index contributed by atoms with van der Waals surface area (Å²) < 4.78 is 5.36. The topological polar surface area (TPSA) is 12.5 Å². The maximum absolute atomic E-state index is 5.36. The predicted molar refractivity (Wildman–Crippen MR) is 82.2 cm³/mol. The van der Waals surface area contributed by atoms with Crippen LogP contribution >= 0.6 is 0 Å². The molecule has 104 valence electrons. The highest BCUT2D eigenvalue weighted by Gasteiger charge is 2.31. The summed E-state index contributed by atoms with van der Waals surface area (Å²) in [5.74, 6) is 1.37. The molecule has 2 atom stereocenters. The van der Waals surface area contributed by atoms with Gasteiger partial charge >= 0.3 is 0 Å². The fourth-order valence-corrected chi connectivity index (χ4v) is 3.19. The SMILES string of the molecule is COc1ccc2c(c1)CN(C)C(C)C2c1ccccc1. The Morgan fingerprint density at radius 1 is 1.10 bits per heavy atom. The van der Waals surface area contributed by atoms with Crippen LogP contribution in [0.4, 0.5) is 0 Å². The first-order chi connectivity index (χ1) is 9.70. The highest BCUT2D eigenvalue weighted by Crippen LogP contribution is 2.38. The van der Waals surface area contributed by atoms with Crippen molar-refractivity contribution in [2.45, 2.75) is 25.4 Å². The average Bonchev–Trinajstić information content (AvgIpc) is 2.49. The van der Waals surface area contributed by atoms with Gasteiger partial charge in [0.1, 0.15) is 5.75 Å². The molecule has 0 bridgehead atoms. The van der Waals surface area contributed by atoms with Gasteiger partial charge in [-0.1, -0.05) is 36.4 Å². The van der Waals surface area contributed by atoms with E-state index < -0.39 is 0 Å². The van der Waals surface area contributed by atoms with Crippen LogP contribution in [0.5, 0.6) is 5.75 Å². The fourth-order valence-electron chi connectivity index (χ4n) is 3.19. The Balaban J connectivity index is 2.10. The van der Waals surface area contributed by atoms with Crippen LogP contribution in [0.2, 0.25) is 0 Å². The molecule has 2 unspecified atom stereocenters. The molecule has 3 rings (SSSR count). The van der Waals surface area contributed by atoms with Gasteiger partial charge in [0.2, 0.25) is 0 Å². The van der Waals surface area contributed by atoms with Crippen LogP contribution in [0.1, 0.15) is 29.5 Å². The monoisotopic (exact) mass is 267 g/mol. The van der Waals surface area contributed by atoms with E-state index in [0.29, 0.717) is 12.0 Å². The van der Waals surface area contributed by atoms with Gasteiger partial charge in [-0.2, -0.15) is 0 Å². The van der Waals surface area contributed by atoms with Crippen molar-refractivity contribution in [2.24, 2.45) is 0 Å². The van der Waals surface area contributed by atoms with E-state index in [1.165, 1.54) is 16.7 Å². The van der Waals surface area contributed by atoms with Gasteiger partial charge < -0.3 is 4.74 Å². The van der Waals surface area contributed by atoms with E-state index >= 15 is 0 Å². The molecule has 0 amide bonds. The third-order valence-corrected chi connectivity index (χ3v) is 4.44. The normalized spacial score (nSPS) is 22.4. The third kappa shape index (κ3) is 2.20.